The minimum absolute atomic E-state index is 0.0584. The van der Waals surface area contributed by atoms with E-state index in [0.29, 0.717) is 48.7 Å². The first kappa shape index (κ1) is 16.7. The molecule has 0 aromatic heterocycles. The summed E-state index contributed by atoms with van der Waals surface area (Å²) in [6, 6.07) is 15.3. The summed E-state index contributed by atoms with van der Waals surface area (Å²) in [6.07, 6.45) is 0. The number of benzene rings is 2. The topological polar surface area (TPSA) is 82.4 Å². The first-order valence-electron chi connectivity index (χ1n) is 7.96. The lowest BCUT2D eigenvalue weighted by Crippen LogP contribution is -2.40. The SMILES string of the molecule is N#Cc1cccc(NC(=O)c2ccc(C(=O)N3CCOCC3)cc2)c1. The molecule has 2 aromatic rings. The summed E-state index contributed by atoms with van der Waals surface area (Å²) < 4.78 is 5.24. The molecule has 2 amide bonds. The van der Waals surface area contributed by atoms with Crippen molar-refractivity contribution in [3.63, 3.8) is 0 Å². The number of carbonyl (C=O) groups is 2. The highest BCUT2D eigenvalue weighted by atomic mass is 16.5. The largest absolute Gasteiger partial charge is 0.378 e. The third-order valence-electron chi connectivity index (χ3n) is 3.94. The molecular formula is C19H17N3O3. The quantitative estimate of drug-likeness (QED) is 0.933. The summed E-state index contributed by atoms with van der Waals surface area (Å²) in [4.78, 5) is 26.4. The van der Waals surface area contributed by atoms with Gasteiger partial charge in [-0.05, 0) is 42.5 Å². The highest BCUT2D eigenvalue weighted by Gasteiger charge is 2.18. The summed E-state index contributed by atoms with van der Waals surface area (Å²) in [5, 5.41) is 11.6. The van der Waals surface area contributed by atoms with Crippen molar-refractivity contribution in [2.45, 2.75) is 0 Å². The van der Waals surface area contributed by atoms with Gasteiger partial charge in [-0.3, -0.25) is 9.59 Å². The number of nitriles is 1. The van der Waals surface area contributed by atoms with E-state index in [0.717, 1.165) is 0 Å². The summed E-state index contributed by atoms with van der Waals surface area (Å²) in [5.41, 5.74) is 2.02. The van der Waals surface area contributed by atoms with E-state index in [2.05, 4.69) is 5.32 Å². The van der Waals surface area contributed by atoms with Gasteiger partial charge in [0.05, 0.1) is 24.8 Å². The van der Waals surface area contributed by atoms with Gasteiger partial charge in [0.25, 0.3) is 11.8 Å². The van der Waals surface area contributed by atoms with Crippen molar-refractivity contribution in [2.75, 3.05) is 31.6 Å². The minimum Gasteiger partial charge on any atom is -0.378 e. The molecule has 25 heavy (non-hydrogen) atoms. The smallest absolute Gasteiger partial charge is 0.255 e. The molecule has 1 N–H and O–H groups in total. The van der Waals surface area contributed by atoms with Crippen molar-refractivity contribution in [1.82, 2.24) is 4.90 Å². The van der Waals surface area contributed by atoms with Crippen LogP contribution in [-0.2, 0) is 4.74 Å². The van der Waals surface area contributed by atoms with E-state index in [-0.39, 0.29) is 11.8 Å². The second-order valence-electron chi connectivity index (χ2n) is 5.63. The highest BCUT2D eigenvalue weighted by molar-refractivity contribution is 6.05. The van der Waals surface area contributed by atoms with E-state index in [4.69, 9.17) is 10.00 Å². The number of hydrogen-bond donors (Lipinski definition) is 1. The average Bonchev–Trinajstić information content (AvgIpc) is 2.68. The zero-order valence-electron chi connectivity index (χ0n) is 13.6. The van der Waals surface area contributed by atoms with Crippen LogP contribution in [0.15, 0.2) is 48.5 Å². The predicted octanol–water partition coefficient (Wildman–Crippen LogP) is 2.28. The van der Waals surface area contributed by atoms with E-state index < -0.39 is 0 Å². The molecule has 126 valence electrons. The van der Waals surface area contributed by atoms with Crippen molar-refractivity contribution in [2.24, 2.45) is 0 Å². The first-order valence-corrected chi connectivity index (χ1v) is 7.96. The van der Waals surface area contributed by atoms with Gasteiger partial charge in [0.1, 0.15) is 0 Å². The molecule has 3 rings (SSSR count). The summed E-state index contributed by atoms with van der Waals surface area (Å²) in [6.45, 7) is 2.26. The molecular weight excluding hydrogens is 318 g/mol. The second-order valence-corrected chi connectivity index (χ2v) is 5.63. The number of rotatable bonds is 3. The molecule has 0 atom stereocenters. The van der Waals surface area contributed by atoms with Crippen LogP contribution in [0, 0.1) is 11.3 Å². The lowest BCUT2D eigenvalue weighted by atomic mass is 10.1. The van der Waals surface area contributed by atoms with Gasteiger partial charge >= 0.3 is 0 Å². The van der Waals surface area contributed by atoms with Crippen molar-refractivity contribution >= 4 is 17.5 Å². The van der Waals surface area contributed by atoms with Crippen molar-refractivity contribution in [1.29, 1.82) is 5.26 Å². The Balaban J connectivity index is 1.68. The van der Waals surface area contributed by atoms with Gasteiger partial charge in [-0.2, -0.15) is 5.26 Å². The maximum Gasteiger partial charge on any atom is 0.255 e. The average molecular weight is 335 g/mol. The van der Waals surface area contributed by atoms with Crippen LogP contribution in [0.4, 0.5) is 5.69 Å². The van der Waals surface area contributed by atoms with Crippen molar-refractivity contribution < 1.29 is 14.3 Å². The molecule has 1 fully saturated rings. The fourth-order valence-electron chi connectivity index (χ4n) is 2.58. The van der Waals surface area contributed by atoms with Crippen LogP contribution in [0.25, 0.3) is 0 Å². The number of ether oxygens (including phenoxy) is 1. The number of morpholine rings is 1. The molecule has 1 saturated heterocycles. The molecule has 1 aliphatic rings. The zero-order valence-corrected chi connectivity index (χ0v) is 13.6. The molecule has 1 aliphatic heterocycles. The van der Waals surface area contributed by atoms with E-state index in [1.807, 2.05) is 6.07 Å². The lowest BCUT2D eigenvalue weighted by molar-refractivity contribution is 0.0303. The molecule has 6 heteroatoms. The summed E-state index contributed by atoms with van der Waals surface area (Å²) >= 11 is 0. The fraction of sp³-hybridized carbons (Fsp3) is 0.211. The first-order chi connectivity index (χ1) is 12.2. The number of hydrogen-bond acceptors (Lipinski definition) is 4. The second kappa shape index (κ2) is 7.60. The third kappa shape index (κ3) is 4.03. The molecule has 0 unspecified atom stereocenters. The Morgan fingerprint density at radius 1 is 1.04 bits per heavy atom. The van der Waals surface area contributed by atoms with Crippen molar-refractivity contribution in [3.8, 4) is 6.07 Å². The van der Waals surface area contributed by atoms with Gasteiger partial charge in [0, 0.05) is 29.9 Å². The molecule has 1 heterocycles. The Morgan fingerprint density at radius 3 is 2.40 bits per heavy atom. The number of carbonyl (C=O) groups excluding carboxylic acids is 2. The van der Waals surface area contributed by atoms with E-state index in [1.54, 1.807) is 53.4 Å². The molecule has 0 aliphatic carbocycles. The van der Waals surface area contributed by atoms with Crippen LogP contribution in [-0.4, -0.2) is 43.0 Å². The monoisotopic (exact) mass is 335 g/mol. The Bertz CT molecular complexity index is 819. The van der Waals surface area contributed by atoms with Crippen LogP contribution < -0.4 is 5.32 Å². The standard InChI is InChI=1S/C19H17N3O3/c20-13-14-2-1-3-17(12-14)21-18(23)15-4-6-16(7-5-15)19(24)22-8-10-25-11-9-22/h1-7,12H,8-11H2,(H,21,23). The van der Waals surface area contributed by atoms with E-state index in [1.165, 1.54) is 0 Å². The number of nitrogens with one attached hydrogen (secondary N) is 1. The maximum atomic E-state index is 12.4. The fourth-order valence-corrected chi connectivity index (χ4v) is 2.58. The molecule has 0 radical (unpaired) electrons. The van der Waals surface area contributed by atoms with E-state index >= 15 is 0 Å². The highest BCUT2D eigenvalue weighted by Crippen LogP contribution is 2.13. The van der Waals surface area contributed by atoms with Crippen LogP contribution >= 0.6 is 0 Å². The number of nitrogens with zero attached hydrogens (tertiary/aromatic N) is 2. The Morgan fingerprint density at radius 2 is 1.72 bits per heavy atom. The van der Waals surface area contributed by atoms with Crippen LogP contribution in [0.5, 0.6) is 0 Å². The van der Waals surface area contributed by atoms with Crippen molar-refractivity contribution in [3.05, 3.63) is 65.2 Å². The van der Waals surface area contributed by atoms with Gasteiger partial charge in [-0.25, -0.2) is 0 Å². The zero-order chi connectivity index (χ0) is 17.6. The van der Waals surface area contributed by atoms with Gasteiger partial charge in [0.2, 0.25) is 0 Å². The molecule has 0 spiro atoms. The molecule has 0 bridgehead atoms. The Kier molecular flexibility index (Phi) is 5.07. The third-order valence-corrected chi connectivity index (χ3v) is 3.94. The van der Waals surface area contributed by atoms with Gasteiger partial charge in [-0.1, -0.05) is 6.07 Å². The van der Waals surface area contributed by atoms with Gasteiger partial charge in [0.15, 0.2) is 0 Å². The minimum atomic E-state index is -0.291. The maximum absolute atomic E-state index is 12.4. The van der Waals surface area contributed by atoms with Crippen LogP contribution in [0.2, 0.25) is 0 Å². The predicted molar refractivity (Wildman–Crippen MR) is 92.3 cm³/mol. The number of anilines is 1. The summed E-state index contributed by atoms with van der Waals surface area (Å²) in [7, 11) is 0. The number of amides is 2. The Labute approximate surface area is 145 Å². The molecule has 2 aromatic carbocycles. The summed E-state index contributed by atoms with van der Waals surface area (Å²) in [5.74, 6) is -0.350. The lowest BCUT2D eigenvalue weighted by Gasteiger charge is -2.26. The van der Waals surface area contributed by atoms with E-state index in [9.17, 15) is 9.59 Å². The normalized spacial score (nSPS) is 13.8. The Hall–Kier alpha value is -3.17. The van der Waals surface area contributed by atoms with Crippen LogP contribution in [0.3, 0.4) is 0 Å². The van der Waals surface area contributed by atoms with Gasteiger partial charge in [-0.15, -0.1) is 0 Å². The molecule has 0 saturated carbocycles. The van der Waals surface area contributed by atoms with Crippen LogP contribution in [0.1, 0.15) is 26.3 Å². The van der Waals surface area contributed by atoms with Gasteiger partial charge < -0.3 is 15.0 Å². The molecule has 6 nitrogen and oxygen atoms in total.